The van der Waals surface area contributed by atoms with Crippen molar-refractivity contribution in [2.75, 3.05) is 12.8 Å². The highest BCUT2D eigenvalue weighted by Gasteiger charge is 2.20. The molecule has 0 aromatic heterocycles. The average Bonchev–Trinajstić information content (AvgIpc) is 2.78. The fourth-order valence-electron chi connectivity index (χ4n) is 3.02. The maximum absolute atomic E-state index is 13.4. The molecule has 0 atom stereocenters. The van der Waals surface area contributed by atoms with E-state index in [0.29, 0.717) is 12.1 Å². The largest absolute Gasteiger partial charge is 0.495 e. The molecule has 5 nitrogen and oxygen atoms in total. The van der Waals surface area contributed by atoms with Crippen LogP contribution in [0, 0.1) is 17.0 Å². The summed E-state index contributed by atoms with van der Waals surface area (Å²) < 4.78 is 31.9. The molecule has 0 aliphatic rings. The molecule has 0 unspecified atom stereocenters. The van der Waals surface area contributed by atoms with Crippen molar-refractivity contribution in [1.82, 2.24) is 5.32 Å². The third-order valence-electron chi connectivity index (χ3n) is 4.59. The first-order chi connectivity index (χ1) is 14.9. The number of ether oxygens (including phenoxy) is 1. The second-order valence-electron chi connectivity index (χ2n) is 6.70. The maximum atomic E-state index is 13.4. The first-order valence-corrected chi connectivity index (χ1v) is 9.41. The second-order valence-corrected chi connectivity index (χ2v) is 6.70. The van der Waals surface area contributed by atoms with Gasteiger partial charge in [-0.05, 0) is 41.5 Å². The molecule has 4 N–H and O–H groups in total. The molecule has 3 aromatic carbocycles. The fraction of sp³-hybridized carbons (Fsp3) is 0.0833. The Morgan fingerprint density at radius 2 is 1.84 bits per heavy atom. The van der Waals surface area contributed by atoms with Gasteiger partial charge in [0.2, 0.25) is 0 Å². The van der Waals surface area contributed by atoms with Crippen molar-refractivity contribution in [1.29, 1.82) is 5.41 Å². The molecule has 3 rings (SSSR count). The van der Waals surface area contributed by atoms with Gasteiger partial charge in [0, 0.05) is 12.2 Å². The maximum Gasteiger partial charge on any atom is 0.255 e. The van der Waals surface area contributed by atoms with Crippen molar-refractivity contribution in [3.05, 3.63) is 101 Å². The Bertz CT molecular complexity index is 1150. The Morgan fingerprint density at radius 1 is 1.10 bits per heavy atom. The van der Waals surface area contributed by atoms with E-state index < -0.39 is 11.6 Å². The van der Waals surface area contributed by atoms with Gasteiger partial charge in [0.15, 0.2) is 11.6 Å². The topological polar surface area (TPSA) is 88.2 Å². The monoisotopic (exact) mass is 421 g/mol. The van der Waals surface area contributed by atoms with Crippen LogP contribution in [0.3, 0.4) is 0 Å². The number of benzene rings is 3. The summed E-state index contributed by atoms with van der Waals surface area (Å²) in [7, 11) is 1.39. The summed E-state index contributed by atoms with van der Waals surface area (Å²) in [6.45, 7) is 0.329. The van der Waals surface area contributed by atoms with Crippen molar-refractivity contribution in [2.45, 2.75) is 6.54 Å². The Morgan fingerprint density at radius 3 is 2.52 bits per heavy atom. The smallest absolute Gasteiger partial charge is 0.255 e. The van der Waals surface area contributed by atoms with E-state index in [0.717, 1.165) is 17.7 Å². The molecule has 0 aliphatic heterocycles. The van der Waals surface area contributed by atoms with Crippen LogP contribution in [0.5, 0.6) is 5.75 Å². The van der Waals surface area contributed by atoms with E-state index in [2.05, 4.69) is 5.32 Å². The third-order valence-corrected chi connectivity index (χ3v) is 4.59. The summed E-state index contributed by atoms with van der Waals surface area (Å²) in [6.07, 6.45) is 2.83. The van der Waals surface area contributed by atoms with Gasteiger partial charge < -0.3 is 21.2 Å². The van der Waals surface area contributed by atoms with Crippen molar-refractivity contribution < 1.29 is 18.3 Å². The molecule has 0 radical (unpaired) electrons. The van der Waals surface area contributed by atoms with Gasteiger partial charge in [-0.25, -0.2) is 8.78 Å². The van der Waals surface area contributed by atoms with Crippen molar-refractivity contribution in [3.8, 4) is 5.75 Å². The number of nitrogens with two attached hydrogens (primary N) is 1. The van der Waals surface area contributed by atoms with Gasteiger partial charge in [0.1, 0.15) is 5.75 Å². The van der Waals surface area contributed by atoms with Crippen LogP contribution in [-0.4, -0.2) is 18.7 Å². The standard InChI is InChI=1S/C24H21F2N3O2/c1-31-23-17(24(30)29-14-16-5-3-2-4-6-16)9-12-21(28)22(23)20(27)11-8-15-7-10-18(25)19(26)13-15/h2-13,27H,14,28H2,1H3,(H,29,30)/b11-8+,27-20?. The Balaban J connectivity index is 1.86. The molecule has 0 saturated carbocycles. The van der Waals surface area contributed by atoms with Gasteiger partial charge in [0.25, 0.3) is 5.91 Å². The Kier molecular flexibility index (Phi) is 6.77. The number of nitrogens with one attached hydrogen (secondary N) is 2. The minimum Gasteiger partial charge on any atom is -0.495 e. The highest BCUT2D eigenvalue weighted by Crippen LogP contribution is 2.30. The van der Waals surface area contributed by atoms with Crippen LogP contribution in [0.4, 0.5) is 14.5 Å². The molecule has 3 aromatic rings. The van der Waals surface area contributed by atoms with E-state index in [9.17, 15) is 13.6 Å². The fourth-order valence-corrected chi connectivity index (χ4v) is 3.02. The molecule has 0 heterocycles. The van der Waals surface area contributed by atoms with Gasteiger partial charge in [-0.1, -0.05) is 42.5 Å². The summed E-state index contributed by atoms with van der Waals surface area (Å²) in [5.41, 5.74) is 8.02. The summed E-state index contributed by atoms with van der Waals surface area (Å²) in [5.74, 6) is -2.15. The number of rotatable bonds is 7. The van der Waals surface area contributed by atoms with Crippen LogP contribution in [0.1, 0.15) is 27.0 Å². The predicted molar refractivity (Wildman–Crippen MR) is 117 cm³/mol. The highest BCUT2D eigenvalue weighted by molar-refractivity contribution is 6.15. The summed E-state index contributed by atoms with van der Waals surface area (Å²) in [5, 5.41) is 11.2. The molecule has 0 spiro atoms. The zero-order chi connectivity index (χ0) is 22.4. The van der Waals surface area contributed by atoms with Crippen LogP contribution in [0.15, 0.2) is 66.7 Å². The highest BCUT2D eigenvalue weighted by atomic mass is 19.2. The Hall–Kier alpha value is -4.00. The minimum absolute atomic E-state index is 0.0446. The normalized spacial score (nSPS) is 10.8. The molecular weight excluding hydrogens is 400 g/mol. The zero-order valence-electron chi connectivity index (χ0n) is 16.8. The number of amides is 1. The zero-order valence-corrected chi connectivity index (χ0v) is 16.8. The molecular formula is C24H21F2N3O2. The second kappa shape index (κ2) is 9.67. The lowest BCUT2D eigenvalue weighted by Crippen LogP contribution is -2.24. The van der Waals surface area contributed by atoms with Crippen LogP contribution in [-0.2, 0) is 6.54 Å². The molecule has 0 aliphatic carbocycles. The SMILES string of the molecule is COc1c(C(=O)NCc2ccccc2)ccc(N)c1C(=N)/C=C/c1ccc(F)c(F)c1. The molecule has 158 valence electrons. The first kappa shape index (κ1) is 21.7. The number of allylic oxidation sites excluding steroid dienone is 1. The number of nitrogen functional groups attached to an aromatic ring is 1. The van der Waals surface area contributed by atoms with E-state index in [1.807, 2.05) is 30.3 Å². The number of methoxy groups -OCH3 is 1. The number of anilines is 1. The quantitative estimate of drug-likeness (QED) is 0.386. The number of hydrogen-bond donors (Lipinski definition) is 3. The van der Waals surface area contributed by atoms with Crippen LogP contribution >= 0.6 is 0 Å². The van der Waals surface area contributed by atoms with Crippen LogP contribution in [0.2, 0.25) is 0 Å². The van der Waals surface area contributed by atoms with Gasteiger partial charge in [0.05, 0.1) is 23.9 Å². The Labute approximate surface area is 178 Å². The van der Waals surface area contributed by atoms with E-state index in [1.165, 1.54) is 37.5 Å². The van der Waals surface area contributed by atoms with Gasteiger partial charge in [-0.3, -0.25) is 4.79 Å². The van der Waals surface area contributed by atoms with Crippen LogP contribution in [0.25, 0.3) is 6.08 Å². The first-order valence-electron chi connectivity index (χ1n) is 9.41. The number of carbonyl (C=O) groups is 1. The summed E-state index contributed by atoms with van der Waals surface area (Å²) in [6, 6.07) is 15.9. The number of hydrogen-bond acceptors (Lipinski definition) is 4. The third kappa shape index (κ3) is 5.14. The average molecular weight is 421 g/mol. The lowest BCUT2D eigenvalue weighted by Gasteiger charge is -2.15. The predicted octanol–water partition coefficient (Wildman–Crippen LogP) is 4.57. The van der Waals surface area contributed by atoms with Gasteiger partial charge in [-0.2, -0.15) is 0 Å². The lowest BCUT2D eigenvalue weighted by molar-refractivity contribution is 0.0948. The van der Waals surface area contributed by atoms with E-state index in [1.54, 1.807) is 0 Å². The van der Waals surface area contributed by atoms with E-state index in [4.69, 9.17) is 15.9 Å². The molecule has 0 fully saturated rings. The molecule has 31 heavy (non-hydrogen) atoms. The summed E-state index contributed by atoms with van der Waals surface area (Å²) >= 11 is 0. The van der Waals surface area contributed by atoms with Gasteiger partial charge in [-0.15, -0.1) is 0 Å². The van der Waals surface area contributed by atoms with Gasteiger partial charge >= 0.3 is 0 Å². The van der Waals surface area contributed by atoms with Crippen LogP contribution < -0.4 is 15.8 Å². The minimum atomic E-state index is -0.983. The molecule has 0 saturated heterocycles. The molecule has 1 amide bonds. The van der Waals surface area contributed by atoms with Crippen molar-refractivity contribution in [3.63, 3.8) is 0 Å². The summed E-state index contributed by atoms with van der Waals surface area (Å²) in [4.78, 5) is 12.7. The van der Waals surface area contributed by atoms with E-state index >= 15 is 0 Å². The molecule has 0 bridgehead atoms. The number of carbonyl (C=O) groups excluding carboxylic acids is 1. The number of halogens is 2. The lowest BCUT2D eigenvalue weighted by atomic mass is 10.0. The van der Waals surface area contributed by atoms with Crippen molar-refractivity contribution >= 4 is 23.4 Å². The van der Waals surface area contributed by atoms with E-state index in [-0.39, 0.29) is 34.2 Å². The van der Waals surface area contributed by atoms with Crippen molar-refractivity contribution in [2.24, 2.45) is 0 Å². The molecule has 7 heteroatoms.